The van der Waals surface area contributed by atoms with E-state index in [1.54, 1.807) is 32.0 Å². The van der Waals surface area contributed by atoms with E-state index in [1.807, 2.05) is 0 Å². The lowest BCUT2D eigenvalue weighted by molar-refractivity contribution is -0.152. The minimum atomic E-state index is -0.827. The van der Waals surface area contributed by atoms with Gasteiger partial charge in [-0.15, -0.1) is 12.4 Å². The Balaban J connectivity index is 0.00000289. The van der Waals surface area contributed by atoms with Gasteiger partial charge in [-0.2, -0.15) is 0 Å². The third-order valence-corrected chi connectivity index (χ3v) is 3.53. The summed E-state index contributed by atoms with van der Waals surface area (Å²) in [7, 11) is 1.34. The van der Waals surface area contributed by atoms with Gasteiger partial charge in [0.15, 0.2) is 0 Å². The molecule has 0 aromatic heterocycles. The molecule has 0 spiro atoms. The first-order valence-corrected chi connectivity index (χ1v) is 5.85. The van der Waals surface area contributed by atoms with Gasteiger partial charge in [-0.25, -0.2) is 0 Å². The Hall–Kier alpha value is -0.480. The van der Waals surface area contributed by atoms with Crippen LogP contribution in [0.15, 0.2) is 18.2 Å². The number of halogens is 3. The minimum Gasteiger partial charge on any atom is -0.469 e. The van der Waals surface area contributed by atoms with E-state index in [9.17, 15) is 4.79 Å². The quantitative estimate of drug-likeness (QED) is 0.867. The molecule has 0 aliphatic carbocycles. The van der Waals surface area contributed by atoms with E-state index < -0.39 is 11.5 Å². The summed E-state index contributed by atoms with van der Waals surface area (Å²) in [5.74, 6) is -0.365. The fourth-order valence-electron chi connectivity index (χ4n) is 1.51. The van der Waals surface area contributed by atoms with Crippen LogP contribution in [0.3, 0.4) is 0 Å². The molecule has 0 unspecified atom stereocenters. The number of rotatable bonds is 3. The molecule has 0 amide bonds. The van der Waals surface area contributed by atoms with Crippen LogP contribution in [-0.2, 0) is 9.53 Å². The number of carbonyl (C=O) groups is 1. The van der Waals surface area contributed by atoms with Crippen LogP contribution in [0.5, 0.6) is 0 Å². The summed E-state index contributed by atoms with van der Waals surface area (Å²) in [5, 5.41) is 0.874. The van der Waals surface area contributed by atoms with Crippen molar-refractivity contribution in [3.63, 3.8) is 0 Å². The first kappa shape index (κ1) is 17.5. The van der Waals surface area contributed by atoms with Crippen molar-refractivity contribution in [1.29, 1.82) is 0 Å². The molecule has 102 valence electrons. The van der Waals surface area contributed by atoms with Crippen molar-refractivity contribution in [2.75, 3.05) is 7.11 Å². The molecule has 1 atom stereocenters. The molecule has 3 nitrogen and oxygen atoms in total. The van der Waals surface area contributed by atoms with E-state index in [2.05, 4.69) is 0 Å². The van der Waals surface area contributed by atoms with Crippen LogP contribution in [0.25, 0.3) is 0 Å². The van der Waals surface area contributed by atoms with Gasteiger partial charge >= 0.3 is 5.97 Å². The minimum absolute atomic E-state index is 0. The Morgan fingerprint density at radius 2 is 1.89 bits per heavy atom. The predicted octanol–water partition coefficient (Wildman–Crippen LogP) is 3.61. The SMILES string of the molecule is COC(=O)C(C)(C)[C@@H](N)c1ccc(Cl)c(Cl)c1.Cl. The molecule has 6 heteroatoms. The number of hydrogen-bond donors (Lipinski definition) is 1. The maximum atomic E-state index is 11.6. The maximum Gasteiger partial charge on any atom is 0.313 e. The molecule has 0 aliphatic heterocycles. The highest BCUT2D eigenvalue weighted by Crippen LogP contribution is 2.34. The molecule has 1 aromatic rings. The highest BCUT2D eigenvalue weighted by molar-refractivity contribution is 6.42. The Morgan fingerprint density at radius 3 is 2.33 bits per heavy atom. The van der Waals surface area contributed by atoms with E-state index in [1.165, 1.54) is 7.11 Å². The number of benzene rings is 1. The molecule has 0 radical (unpaired) electrons. The summed E-state index contributed by atoms with van der Waals surface area (Å²) in [4.78, 5) is 11.6. The molecule has 0 fully saturated rings. The van der Waals surface area contributed by atoms with Crippen molar-refractivity contribution >= 4 is 41.6 Å². The zero-order chi connectivity index (χ0) is 13.2. The molecule has 0 saturated heterocycles. The number of esters is 1. The van der Waals surface area contributed by atoms with E-state index in [-0.39, 0.29) is 18.4 Å². The fourth-order valence-corrected chi connectivity index (χ4v) is 1.82. The van der Waals surface area contributed by atoms with Crippen molar-refractivity contribution in [3.8, 4) is 0 Å². The molecule has 0 aliphatic rings. The van der Waals surface area contributed by atoms with E-state index in [0.29, 0.717) is 10.0 Å². The van der Waals surface area contributed by atoms with Crippen LogP contribution >= 0.6 is 35.6 Å². The zero-order valence-electron chi connectivity index (χ0n) is 10.4. The summed E-state index contributed by atoms with van der Waals surface area (Å²) >= 11 is 11.7. The van der Waals surface area contributed by atoms with Crippen LogP contribution in [0.1, 0.15) is 25.5 Å². The van der Waals surface area contributed by atoms with Crippen LogP contribution in [0.2, 0.25) is 10.0 Å². The third kappa shape index (κ3) is 3.51. The lowest BCUT2D eigenvalue weighted by atomic mass is 9.81. The normalized spacial score (nSPS) is 12.6. The van der Waals surface area contributed by atoms with Crippen molar-refractivity contribution < 1.29 is 9.53 Å². The molecule has 18 heavy (non-hydrogen) atoms. The summed E-state index contributed by atoms with van der Waals surface area (Å²) < 4.78 is 4.73. The number of methoxy groups -OCH3 is 1. The van der Waals surface area contributed by atoms with Crippen LogP contribution in [-0.4, -0.2) is 13.1 Å². The smallest absolute Gasteiger partial charge is 0.313 e. The van der Waals surface area contributed by atoms with Crippen molar-refractivity contribution in [1.82, 2.24) is 0 Å². The average molecular weight is 313 g/mol. The molecule has 1 aromatic carbocycles. The van der Waals surface area contributed by atoms with Gasteiger partial charge in [0.1, 0.15) is 0 Å². The zero-order valence-corrected chi connectivity index (χ0v) is 12.7. The predicted molar refractivity (Wildman–Crippen MR) is 76.4 cm³/mol. The number of ether oxygens (including phenoxy) is 1. The van der Waals surface area contributed by atoms with Gasteiger partial charge in [0, 0.05) is 6.04 Å². The van der Waals surface area contributed by atoms with Crippen molar-refractivity contribution in [3.05, 3.63) is 33.8 Å². The summed E-state index contributed by atoms with van der Waals surface area (Å²) in [6, 6.07) is 4.57. The second-order valence-electron chi connectivity index (χ2n) is 4.36. The molecule has 0 saturated carbocycles. The van der Waals surface area contributed by atoms with Gasteiger partial charge < -0.3 is 10.5 Å². The Morgan fingerprint density at radius 1 is 1.33 bits per heavy atom. The molecular weight excluding hydrogens is 296 g/mol. The summed E-state index contributed by atoms with van der Waals surface area (Å²) in [6.07, 6.45) is 0. The Bertz CT molecular complexity index is 435. The molecule has 1 rings (SSSR count). The second kappa shape index (κ2) is 6.62. The molecule has 0 heterocycles. The largest absolute Gasteiger partial charge is 0.469 e. The number of carbonyl (C=O) groups excluding carboxylic acids is 1. The Labute approximate surface area is 123 Å². The van der Waals surface area contributed by atoms with Crippen molar-refractivity contribution in [2.24, 2.45) is 11.1 Å². The Kier molecular flexibility index (Phi) is 6.44. The van der Waals surface area contributed by atoms with E-state index in [4.69, 9.17) is 33.7 Å². The summed E-state index contributed by atoms with van der Waals surface area (Å²) in [6.45, 7) is 3.46. The second-order valence-corrected chi connectivity index (χ2v) is 5.18. The third-order valence-electron chi connectivity index (χ3n) is 2.79. The highest BCUT2D eigenvalue weighted by atomic mass is 35.5. The highest BCUT2D eigenvalue weighted by Gasteiger charge is 2.36. The van der Waals surface area contributed by atoms with Gasteiger partial charge in [0.05, 0.1) is 22.6 Å². The molecule has 2 N–H and O–H groups in total. The molecule has 0 bridgehead atoms. The van der Waals surface area contributed by atoms with Gasteiger partial charge in [0.2, 0.25) is 0 Å². The van der Waals surface area contributed by atoms with Gasteiger partial charge in [0.25, 0.3) is 0 Å². The van der Waals surface area contributed by atoms with Crippen LogP contribution in [0.4, 0.5) is 0 Å². The van der Waals surface area contributed by atoms with Crippen LogP contribution in [0, 0.1) is 5.41 Å². The first-order chi connectivity index (χ1) is 7.80. The lowest BCUT2D eigenvalue weighted by Gasteiger charge is -2.29. The maximum absolute atomic E-state index is 11.6. The van der Waals surface area contributed by atoms with Crippen LogP contribution < -0.4 is 5.73 Å². The number of nitrogens with two attached hydrogens (primary N) is 1. The topological polar surface area (TPSA) is 52.3 Å². The van der Waals surface area contributed by atoms with Gasteiger partial charge in [-0.3, -0.25) is 4.79 Å². The lowest BCUT2D eigenvalue weighted by Crippen LogP contribution is -2.37. The van der Waals surface area contributed by atoms with Gasteiger partial charge in [-0.05, 0) is 31.5 Å². The number of hydrogen-bond acceptors (Lipinski definition) is 3. The first-order valence-electron chi connectivity index (χ1n) is 5.09. The van der Waals surface area contributed by atoms with Crippen molar-refractivity contribution in [2.45, 2.75) is 19.9 Å². The van der Waals surface area contributed by atoms with E-state index in [0.717, 1.165) is 5.56 Å². The van der Waals surface area contributed by atoms with E-state index >= 15 is 0 Å². The van der Waals surface area contributed by atoms with Gasteiger partial charge in [-0.1, -0.05) is 29.3 Å². The average Bonchev–Trinajstić information content (AvgIpc) is 2.30. The molecular formula is C12H16Cl3NO2. The standard InChI is InChI=1S/C12H15Cl2NO2.ClH/c1-12(2,11(16)17-3)10(15)7-4-5-8(13)9(14)6-7;/h4-6,10H,15H2,1-3H3;1H/t10-;/m0./s1. The fraction of sp³-hybridized carbons (Fsp3) is 0.417. The summed E-state index contributed by atoms with van der Waals surface area (Å²) in [5.41, 5.74) is 5.98. The monoisotopic (exact) mass is 311 g/mol.